The Hall–Kier alpha value is -1.23. The molecule has 0 aliphatic carbocycles. The highest BCUT2D eigenvalue weighted by Gasteiger charge is 2.31. The van der Waals surface area contributed by atoms with Crippen LogP contribution in [0.3, 0.4) is 0 Å². The molecule has 1 atom stereocenters. The van der Waals surface area contributed by atoms with Gasteiger partial charge < -0.3 is 10.8 Å². The number of aliphatic hydroxyl groups is 1. The predicted octanol–water partition coefficient (Wildman–Crippen LogP) is 1.57. The molecule has 0 amide bonds. The highest BCUT2D eigenvalue weighted by atomic mass is 32.1. The Balaban J connectivity index is 2.32. The number of nitrogens with zero attached hydrogens (tertiary/aromatic N) is 1. The molecule has 0 saturated heterocycles. The molecule has 0 aliphatic heterocycles. The molecule has 17 heavy (non-hydrogen) atoms. The monoisotopic (exact) mass is 248 g/mol. The first kappa shape index (κ1) is 12.2. The van der Waals surface area contributed by atoms with E-state index in [-0.39, 0.29) is 6.61 Å². The van der Waals surface area contributed by atoms with Crippen LogP contribution in [0.4, 0.5) is 0 Å². The summed E-state index contributed by atoms with van der Waals surface area (Å²) in [7, 11) is 0. The summed E-state index contributed by atoms with van der Waals surface area (Å²) in [4.78, 5) is 4.27. The van der Waals surface area contributed by atoms with E-state index in [0.717, 1.165) is 10.6 Å². The molecule has 0 saturated carbocycles. The van der Waals surface area contributed by atoms with Crippen molar-refractivity contribution in [3.63, 3.8) is 0 Å². The quantitative estimate of drug-likeness (QED) is 0.844. The minimum atomic E-state index is -0.418. The summed E-state index contributed by atoms with van der Waals surface area (Å²) in [5.41, 5.74) is 6.54. The van der Waals surface area contributed by atoms with Crippen molar-refractivity contribution in [3.8, 4) is 0 Å². The van der Waals surface area contributed by atoms with Crippen LogP contribution in [0.25, 0.3) is 0 Å². The van der Waals surface area contributed by atoms with E-state index in [4.69, 9.17) is 5.73 Å². The minimum Gasteiger partial charge on any atom is -0.395 e. The van der Waals surface area contributed by atoms with Crippen molar-refractivity contribution in [1.29, 1.82) is 0 Å². The molecule has 1 aromatic heterocycles. The fourth-order valence-electron chi connectivity index (χ4n) is 1.93. The van der Waals surface area contributed by atoms with E-state index in [9.17, 15) is 5.11 Å². The van der Waals surface area contributed by atoms with Gasteiger partial charge in [-0.25, -0.2) is 4.98 Å². The van der Waals surface area contributed by atoms with E-state index in [2.05, 4.69) is 4.98 Å². The lowest BCUT2D eigenvalue weighted by Gasteiger charge is -2.30. The van der Waals surface area contributed by atoms with E-state index in [1.54, 1.807) is 17.5 Å². The van der Waals surface area contributed by atoms with Gasteiger partial charge in [-0.05, 0) is 5.56 Å². The molecule has 2 rings (SSSR count). The van der Waals surface area contributed by atoms with Crippen molar-refractivity contribution in [2.75, 3.05) is 13.2 Å². The van der Waals surface area contributed by atoms with Crippen LogP contribution in [0.15, 0.2) is 41.9 Å². The Labute approximate surface area is 105 Å². The van der Waals surface area contributed by atoms with E-state index >= 15 is 0 Å². The lowest BCUT2D eigenvalue weighted by Crippen LogP contribution is -2.40. The van der Waals surface area contributed by atoms with Gasteiger partial charge in [0.15, 0.2) is 0 Å². The van der Waals surface area contributed by atoms with Crippen LogP contribution in [0, 0.1) is 0 Å². The van der Waals surface area contributed by atoms with Crippen molar-refractivity contribution in [3.05, 3.63) is 52.5 Å². The molecule has 4 heteroatoms. The fourth-order valence-corrected chi connectivity index (χ4v) is 2.69. The van der Waals surface area contributed by atoms with Gasteiger partial charge in [-0.1, -0.05) is 30.3 Å². The SMILES string of the molecule is NCC(CO)(Cc1nccs1)c1ccccc1. The molecule has 1 aromatic carbocycles. The zero-order chi connectivity index (χ0) is 12.1. The molecule has 3 nitrogen and oxygen atoms in total. The van der Waals surface area contributed by atoms with Crippen LogP contribution >= 0.6 is 11.3 Å². The van der Waals surface area contributed by atoms with Crippen LogP contribution in [0.5, 0.6) is 0 Å². The average molecular weight is 248 g/mol. The lowest BCUT2D eigenvalue weighted by molar-refractivity contribution is 0.196. The lowest BCUT2D eigenvalue weighted by atomic mass is 9.78. The fraction of sp³-hybridized carbons (Fsp3) is 0.308. The zero-order valence-corrected chi connectivity index (χ0v) is 10.4. The van der Waals surface area contributed by atoms with Gasteiger partial charge in [0.05, 0.1) is 11.6 Å². The Morgan fingerprint density at radius 2 is 2.06 bits per heavy atom. The summed E-state index contributed by atoms with van der Waals surface area (Å²) in [6.07, 6.45) is 2.46. The summed E-state index contributed by atoms with van der Waals surface area (Å²) in [5, 5.41) is 12.7. The Kier molecular flexibility index (Phi) is 3.89. The highest BCUT2D eigenvalue weighted by molar-refractivity contribution is 7.09. The smallest absolute Gasteiger partial charge is 0.0935 e. The second kappa shape index (κ2) is 5.40. The first-order valence-corrected chi connectivity index (χ1v) is 6.43. The van der Waals surface area contributed by atoms with Gasteiger partial charge in [0.1, 0.15) is 0 Å². The molecule has 0 radical (unpaired) electrons. The van der Waals surface area contributed by atoms with E-state index in [0.29, 0.717) is 13.0 Å². The van der Waals surface area contributed by atoms with Gasteiger partial charge in [-0.2, -0.15) is 0 Å². The van der Waals surface area contributed by atoms with Gasteiger partial charge in [0, 0.05) is 30.0 Å². The first-order chi connectivity index (χ1) is 8.30. The standard InChI is InChI=1S/C13H16N2OS/c14-9-13(10-16,8-12-15-6-7-17-12)11-4-2-1-3-5-11/h1-7,16H,8-10,14H2. The van der Waals surface area contributed by atoms with Crippen LogP contribution in [0.2, 0.25) is 0 Å². The predicted molar refractivity (Wildman–Crippen MR) is 70.1 cm³/mol. The maximum atomic E-state index is 9.73. The molecule has 0 aliphatic rings. The van der Waals surface area contributed by atoms with Crippen LogP contribution in [0.1, 0.15) is 10.6 Å². The molecular formula is C13H16N2OS. The second-order valence-corrected chi connectivity index (χ2v) is 5.09. The van der Waals surface area contributed by atoms with E-state index in [1.165, 1.54) is 0 Å². The van der Waals surface area contributed by atoms with Gasteiger partial charge in [-0.15, -0.1) is 11.3 Å². The molecule has 3 N–H and O–H groups in total. The average Bonchev–Trinajstić information content (AvgIpc) is 2.90. The molecular weight excluding hydrogens is 232 g/mol. The van der Waals surface area contributed by atoms with Crippen LogP contribution in [-0.4, -0.2) is 23.2 Å². The Bertz CT molecular complexity index is 438. The van der Waals surface area contributed by atoms with Crippen molar-refractivity contribution in [2.24, 2.45) is 5.73 Å². The maximum Gasteiger partial charge on any atom is 0.0935 e. The van der Waals surface area contributed by atoms with Crippen LogP contribution < -0.4 is 5.73 Å². The topological polar surface area (TPSA) is 59.1 Å². The minimum absolute atomic E-state index is 0.0348. The second-order valence-electron chi connectivity index (χ2n) is 4.11. The van der Waals surface area contributed by atoms with Gasteiger partial charge in [0.2, 0.25) is 0 Å². The first-order valence-electron chi connectivity index (χ1n) is 5.55. The highest BCUT2D eigenvalue weighted by Crippen LogP contribution is 2.27. The molecule has 1 heterocycles. The molecule has 0 bridgehead atoms. The normalized spacial score (nSPS) is 14.5. The third-order valence-electron chi connectivity index (χ3n) is 3.05. The molecule has 0 spiro atoms. The van der Waals surface area contributed by atoms with Crippen molar-refractivity contribution in [2.45, 2.75) is 11.8 Å². The number of nitrogens with two attached hydrogens (primary N) is 1. The van der Waals surface area contributed by atoms with Crippen molar-refractivity contribution in [1.82, 2.24) is 4.98 Å². The third-order valence-corrected chi connectivity index (χ3v) is 3.83. The summed E-state index contributed by atoms with van der Waals surface area (Å²) < 4.78 is 0. The van der Waals surface area contributed by atoms with Crippen molar-refractivity contribution < 1.29 is 5.11 Å². The van der Waals surface area contributed by atoms with Gasteiger partial charge in [-0.3, -0.25) is 0 Å². The Morgan fingerprint density at radius 1 is 1.29 bits per heavy atom. The number of aromatic nitrogens is 1. The zero-order valence-electron chi connectivity index (χ0n) is 9.54. The largest absolute Gasteiger partial charge is 0.395 e. The summed E-state index contributed by atoms with van der Waals surface area (Å²) in [6.45, 7) is 0.445. The number of thiazole rings is 1. The number of aliphatic hydroxyl groups excluding tert-OH is 1. The number of hydrogen-bond acceptors (Lipinski definition) is 4. The molecule has 90 valence electrons. The number of benzene rings is 1. The number of hydrogen-bond donors (Lipinski definition) is 2. The van der Waals surface area contributed by atoms with Gasteiger partial charge in [0.25, 0.3) is 0 Å². The number of rotatable bonds is 5. The molecule has 0 fully saturated rings. The van der Waals surface area contributed by atoms with E-state index < -0.39 is 5.41 Å². The summed E-state index contributed by atoms with van der Waals surface area (Å²) in [5.74, 6) is 0. The maximum absolute atomic E-state index is 9.73. The Morgan fingerprint density at radius 3 is 2.59 bits per heavy atom. The van der Waals surface area contributed by atoms with Crippen molar-refractivity contribution >= 4 is 11.3 Å². The third kappa shape index (κ3) is 2.54. The van der Waals surface area contributed by atoms with Gasteiger partial charge >= 0.3 is 0 Å². The molecule has 2 aromatic rings. The van der Waals surface area contributed by atoms with Crippen LogP contribution in [-0.2, 0) is 11.8 Å². The van der Waals surface area contributed by atoms with E-state index in [1.807, 2.05) is 35.7 Å². The summed E-state index contributed by atoms with van der Waals surface area (Å²) in [6, 6.07) is 9.92. The summed E-state index contributed by atoms with van der Waals surface area (Å²) >= 11 is 1.60. The molecule has 1 unspecified atom stereocenters.